The van der Waals surface area contributed by atoms with Crippen molar-refractivity contribution in [3.8, 4) is 5.75 Å². The Hall–Kier alpha value is -1.57. The lowest BCUT2D eigenvalue weighted by molar-refractivity contribution is 0.0979. The van der Waals surface area contributed by atoms with E-state index in [0.29, 0.717) is 24.1 Å². The number of benzene rings is 2. The molecule has 0 fully saturated rings. The average molecular weight is 459 g/mol. The molecule has 0 unspecified atom stereocenters. The molecule has 7 heteroatoms. The predicted octanol–water partition coefficient (Wildman–Crippen LogP) is 4.98. The van der Waals surface area contributed by atoms with Crippen LogP contribution in [0, 0.1) is 0 Å². The Bertz CT molecular complexity index is 691. The van der Waals surface area contributed by atoms with Crippen molar-refractivity contribution >= 4 is 43.6 Å². The Labute approximate surface area is 156 Å². The molecule has 0 saturated carbocycles. The zero-order valence-electron chi connectivity index (χ0n) is 12.7. The van der Waals surface area contributed by atoms with Gasteiger partial charge in [0.25, 0.3) is 0 Å². The standard InChI is InChI=1S/C17H17Br2NO4/c18-11-3-6-13(7-4-11)20-17(23)24-16(2-1-9-21)14-10-12(19)5-8-15(14)22/h3-8,10,16,21-22H,1-2,9H2,(H,20,23)/t16-/m1/s1. The Morgan fingerprint density at radius 3 is 2.46 bits per heavy atom. The first-order valence-corrected chi connectivity index (χ1v) is 8.90. The van der Waals surface area contributed by atoms with Crippen LogP contribution < -0.4 is 5.32 Å². The Kier molecular flexibility index (Phi) is 7.08. The lowest BCUT2D eigenvalue weighted by Crippen LogP contribution is -2.18. The number of aliphatic hydroxyl groups is 1. The van der Waals surface area contributed by atoms with Gasteiger partial charge in [0.15, 0.2) is 0 Å². The van der Waals surface area contributed by atoms with Gasteiger partial charge in [-0.1, -0.05) is 31.9 Å². The number of ether oxygens (including phenoxy) is 1. The van der Waals surface area contributed by atoms with E-state index in [1.165, 1.54) is 6.07 Å². The number of anilines is 1. The number of hydrogen-bond donors (Lipinski definition) is 3. The summed E-state index contributed by atoms with van der Waals surface area (Å²) in [5, 5.41) is 21.7. The molecule has 0 aliphatic heterocycles. The van der Waals surface area contributed by atoms with Crippen molar-refractivity contribution in [1.29, 1.82) is 0 Å². The van der Waals surface area contributed by atoms with Gasteiger partial charge in [-0.2, -0.15) is 0 Å². The summed E-state index contributed by atoms with van der Waals surface area (Å²) in [4.78, 5) is 12.1. The molecule has 0 aromatic heterocycles. The molecule has 5 nitrogen and oxygen atoms in total. The third-order valence-corrected chi connectivity index (χ3v) is 4.32. The van der Waals surface area contributed by atoms with Gasteiger partial charge >= 0.3 is 6.09 Å². The van der Waals surface area contributed by atoms with Crippen LogP contribution in [0.4, 0.5) is 10.5 Å². The third-order valence-electron chi connectivity index (χ3n) is 3.30. The zero-order chi connectivity index (χ0) is 17.5. The average Bonchev–Trinajstić information content (AvgIpc) is 2.56. The quantitative estimate of drug-likeness (QED) is 0.570. The van der Waals surface area contributed by atoms with E-state index in [1.54, 1.807) is 36.4 Å². The lowest BCUT2D eigenvalue weighted by Gasteiger charge is -2.19. The summed E-state index contributed by atoms with van der Waals surface area (Å²) in [5.74, 6) is 0.0394. The smallest absolute Gasteiger partial charge is 0.412 e. The van der Waals surface area contributed by atoms with Crippen LogP contribution in [-0.4, -0.2) is 22.9 Å². The molecule has 0 radical (unpaired) electrons. The summed E-state index contributed by atoms with van der Waals surface area (Å²) in [6.07, 6.45) is -0.444. The van der Waals surface area contributed by atoms with E-state index in [1.807, 2.05) is 0 Å². The molecule has 1 amide bonds. The van der Waals surface area contributed by atoms with Gasteiger partial charge in [0.05, 0.1) is 0 Å². The minimum Gasteiger partial charge on any atom is -0.508 e. The highest BCUT2D eigenvalue weighted by molar-refractivity contribution is 9.10. The number of rotatable bonds is 6. The van der Waals surface area contributed by atoms with Crippen molar-refractivity contribution in [3.05, 3.63) is 57.0 Å². The summed E-state index contributed by atoms with van der Waals surface area (Å²) in [6, 6.07) is 12.0. The number of hydrogen-bond acceptors (Lipinski definition) is 4. The van der Waals surface area contributed by atoms with Crippen LogP contribution in [0.2, 0.25) is 0 Å². The first-order valence-electron chi connectivity index (χ1n) is 7.32. The normalized spacial score (nSPS) is 11.8. The van der Waals surface area contributed by atoms with Crippen LogP contribution in [0.15, 0.2) is 51.4 Å². The van der Waals surface area contributed by atoms with Crippen molar-refractivity contribution in [2.24, 2.45) is 0 Å². The maximum Gasteiger partial charge on any atom is 0.412 e. The number of carbonyl (C=O) groups excluding carboxylic acids is 1. The maximum absolute atomic E-state index is 12.1. The Morgan fingerprint density at radius 1 is 1.12 bits per heavy atom. The van der Waals surface area contributed by atoms with Crippen LogP contribution in [0.1, 0.15) is 24.5 Å². The lowest BCUT2D eigenvalue weighted by atomic mass is 10.0. The van der Waals surface area contributed by atoms with Gasteiger partial charge in [0.1, 0.15) is 11.9 Å². The third kappa shape index (κ3) is 5.51. The zero-order valence-corrected chi connectivity index (χ0v) is 15.9. The molecular weight excluding hydrogens is 442 g/mol. The predicted molar refractivity (Wildman–Crippen MR) is 99.1 cm³/mol. The molecule has 0 heterocycles. The molecule has 24 heavy (non-hydrogen) atoms. The van der Waals surface area contributed by atoms with E-state index >= 15 is 0 Å². The fourth-order valence-corrected chi connectivity index (χ4v) is 2.79. The first-order chi connectivity index (χ1) is 11.5. The van der Waals surface area contributed by atoms with Gasteiger partial charge in [-0.05, 0) is 55.3 Å². The topological polar surface area (TPSA) is 78.8 Å². The van der Waals surface area contributed by atoms with Crippen LogP contribution in [-0.2, 0) is 4.74 Å². The molecule has 0 aliphatic carbocycles. The van der Waals surface area contributed by atoms with E-state index in [-0.39, 0.29) is 12.4 Å². The number of amides is 1. The largest absolute Gasteiger partial charge is 0.508 e. The summed E-state index contributed by atoms with van der Waals surface area (Å²) in [6.45, 7) is -0.0248. The van der Waals surface area contributed by atoms with Crippen molar-refractivity contribution in [2.45, 2.75) is 18.9 Å². The number of phenolic OH excluding ortho intramolecular Hbond substituents is 1. The van der Waals surface area contributed by atoms with Gasteiger partial charge < -0.3 is 14.9 Å². The minimum atomic E-state index is -0.662. The second-order valence-corrected chi connectivity index (χ2v) is 6.93. The van der Waals surface area contributed by atoms with Gasteiger partial charge in [0, 0.05) is 26.8 Å². The highest BCUT2D eigenvalue weighted by atomic mass is 79.9. The molecule has 2 rings (SSSR count). The van der Waals surface area contributed by atoms with E-state index in [0.717, 1.165) is 8.95 Å². The fourth-order valence-electron chi connectivity index (χ4n) is 2.15. The molecule has 0 spiro atoms. The monoisotopic (exact) mass is 457 g/mol. The van der Waals surface area contributed by atoms with Crippen LogP contribution >= 0.6 is 31.9 Å². The molecule has 3 N–H and O–H groups in total. The summed E-state index contributed by atoms with van der Waals surface area (Å²) in [5.41, 5.74) is 1.09. The number of aliphatic hydroxyl groups excluding tert-OH is 1. The number of aromatic hydroxyl groups is 1. The minimum absolute atomic E-state index is 0.0248. The van der Waals surface area contributed by atoms with Crippen molar-refractivity contribution in [2.75, 3.05) is 11.9 Å². The summed E-state index contributed by atoms with van der Waals surface area (Å²) >= 11 is 6.66. The SMILES string of the molecule is O=C(Nc1ccc(Br)cc1)O[C@H](CCCO)c1cc(Br)ccc1O. The first kappa shape index (κ1) is 18.8. The van der Waals surface area contributed by atoms with Gasteiger partial charge in [-0.15, -0.1) is 0 Å². The summed E-state index contributed by atoms with van der Waals surface area (Å²) < 4.78 is 7.12. The number of nitrogens with one attached hydrogen (secondary N) is 1. The number of halogens is 2. The van der Waals surface area contributed by atoms with Gasteiger partial charge in [-0.3, -0.25) is 5.32 Å². The van der Waals surface area contributed by atoms with E-state index in [2.05, 4.69) is 37.2 Å². The second kappa shape index (κ2) is 9.05. The van der Waals surface area contributed by atoms with Gasteiger partial charge in [0.2, 0.25) is 0 Å². The van der Waals surface area contributed by atoms with Crippen molar-refractivity contribution in [3.63, 3.8) is 0 Å². The Balaban J connectivity index is 2.11. The summed E-state index contributed by atoms with van der Waals surface area (Å²) in [7, 11) is 0. The Morgan fingerprint density at radius 2 is 1.79 bits per heavy atom. The molecular formula is C17H17Br2NO4. The van der Waals surface area contributed by atoms with Crippen LogP contribution in [0.5, 0.6) is 5.75 Å². The molecule has 0 aliphatic rings. The van der Waals surface area contributed by atoms with E-state index in [9.17, 15) is 9.90 Å². The number of phenols is 1. The molecule has 2 aromatic carbocycles. The highest BCUT2D eigenvalue weighted by Crippen LogP contribution is 2.33. The fraction of sp³-hybridized carbons (Fsp3) is 0.235. The van der Waals surface area contributed by atoms with Crippen molar-refractivity contribution < 1.29 is 19.7 Å². The highest BCUT2D eigenvalue weighted by Gasteiger charge is 2.20. The van der Waals surface area contributed by atoms with E-state index in [4.69, 9.17) is 9.84 Å². The maximum atomic E-state index is 12.1. The molecule has 0 saturated heterocycles. The molecule has 0 bridgehead atoms. The molecule has 1 atom stereocenters. The van der Waals surface area contributed by atoms with E-state index < -0.39 is 12.2 Å². The van der Waals surface area contributed by atoms with Crippen LogP contribution in [0.25, 0.3) is 0 Å². The molecule has 2 aromatic rings. The van der Waals surface area contributed by atoms with Gasteiger partial charge in [-0.25, -0.2) is 4.79 Å². The number of carbonyl (C=O) groups is 1. The second-order valence-electron chi connectivity index (χ2n) is 5.09. The molecule has 128 valence electrons. The van der Waals surface area contributed by atoms with Crippen molar-refractivity contribution in [1.82, 2.24) is 0 Å². The van der Waals surface area contributed by atoms with Crippen LogP contribution in [0.3, 0.4) is 0 Å².